The van der Waals surface area contributed by atoms with Crippen LogP contribution in [-0.2, 0) is 21.3 Å². The lowest BCUT2D eigenvalue weighted by molar-refractivity contribution is -0.0906. The maximum absolute atomic E-state index is 11.5. The molecule has 2 fully saturated rings. The number of imidazole rings is 2. The second kappa shape index (κ2) is 12.0. The van der Waals surface area contributed by atoms with E-state index in [0.717, 1.165) is 42.5 Å². The molecule has 0 bridgehead atoms. The highest BCUT2D eigenvalue weighted by molar-refractivity contribution is 5.81. The number of fused-ring (bicyclic) bond motifs is 2. The summed E-state index contributed by atoms with van der Waals surface area (Å²) in [5.74, 6) is 2.03. The monoisotopic (exact) mass is 604 g/mol. The molecule has 1 saturated carbocycles. The van der Waals surface area contributed by atoms with E-state index in [1.807, 2.05) is 18.4 Å². The SMILES string of the molecule is CC(C)OC1C(O)C(CN(C(C)C)C2CC(CCc3nc4ccc(C(C)(C)C)cc4[nH]3)C2)OC1n1cnc2c(N)ncnc21. The minimum Gasteiger partial charge on any atom is -0.387 e. The molecule has 4 atom stereocenters. The van der Waals surface area contributed by atoms with E-state index in [4.69, 9.17) is 20.2 Å². The van der Waals surface area contributed by atoms with Crippen molar-refractivity contribution in [1.29, 1.82) is 0 Å². The van der Waals surface area contributed by atoms with Gasteiger partial charge in [-0.15, -0.1) is 0 Å². The van der Waals surface area contributed by atoms with Crippen LogP contribution in [0, 0.1) is 5.92 Å². The Morgan fingerprint density at radius 2 is 1.93 bits per heavy atom. The number of nitrogen functional groups attached to an aromatic ring is 1. The summed E-state index contributed by atoms with van der Waals surface area (Å²) in [6.45, 7) is 15.7. The van der Waals surface area contributed by atoms with Crippen molar-refractivity contribution in [1.82, 2.24) is 34.4 Å². The van der Waals surface area contributed by atoms with Gasteiger partial charge in [0.05, 0.1) is 23.5 Å². The van der Waals surface area contributed by atoms with Crippen LogP contribution in [-0.4, -0.2) is 82.5 Å². The highest BCUT2D eigenvalue weighted by Gasteiger charge is 2.48. The van der Waals surface area contributed by atoms with Crippen molar-refractivity contribution < 1.29 is 14.6 Å². The summed E-state index contributed by atoms with van der Waals surface area (Å²) >= 11 is 0. The molecular weight excluding hydrogens is 556 g/mol. The molecule has 6 rings (SSSR count). The molecule has 11 nitrogen and oxygen atoms in total. The predicted octanol–water partition coefficient (Wildman–Crippen LogP) is 4.76. The van der Waals surface area contributed by atoms with Gasteiger partial charge in [0.2, 0.25) is 0 Å². The minimum atomic E-state index is -0.803. The lowest BCUT2D eigenvalue weighted by atomic mass is 9.76. The standard InChI is InChI=1S/C33H48N8O3/c1-18(2)40(22-12-20(13-22)8-11-26-38-23-10-9-21(33(5,6)7)14-24(23)39-26)15-25-28(42)29(43-19(3)4)32(44-25)41-17-37-27-30(34)35-16-36-31(27)41/h9-10,14,16-20,22,25,28-29,32,42H,8,11-13,15H2,1-7H3,(H,38,39)(H2,34,35,36). The fourth-order valence-corrected chi connectivity index (χ4v) is 6.79. The second-order valence-electron chi connectivity index (χ2n) is 14.3. The number of aromatic nitrogens is 6. The predicted molar refractivity (Wildman–Crippen MR) is 171 cm³/mol. The number of benzene rings is 1. The molecule has 4 aromatic rings. The Morgan fingerprint density at radius 1 is 1.16 bits per heavy atom. The molecule has 238 valence electrons. The van der Waals surface area contributed by atoms with E-state index in [1.54, 1.807) is 6.33 Å². The van der Waals surface area contributed by atoms with Gasteiger partial charge in [-0.1, -0.05) is 26.8 Å². The quantitative estimate of drug-likeness (QED) is 0.234. The van der Waals surface area contributed by atoms with Crippen molar-refractivity contribution in [3.8, 4) is 0 Å². The molecule has 4 heterocycles. The molecule has 1 aliphatic carbocycles. The van der Waals surface area contributed by atoms with Gasteiger partial charge in [-0.2, -0.15) is 0 Å². The first-order chi connectivity index (χ1) is 20.9. The Morgan fingerprint density at radius 3 is 2.64 bits per heavy atom. The number of anilines is 1. The average molecular weight is 605 g/mol. The number of aromatic amines is 1. The van der Waals surface area contributed by atoms with Gasteiger partial charge in [-0.25, -0.2) is 19.9 Å². The van der Waals surface area contributed by atoms with E-state index < -0.39 is 24.5 Å². The Kier molecular flexibility index (Phi) is 8.42. The summed E-state index contributed by atoms with van der Waals surface area (Å²) in [6, 6.07) is 7.33. The summed E-state index contributed by atoms with van der Waals surface area (Å²) in [5.41, 5.74) is 10.7. The Balaban J connectivity index is 1.09. The van der Waals surface area contributed by atoms with Crippen LogP contribution in [0.5, 0.6) is 0 Å². The summed E-state index contributed by atoms with van der Waals surface area (Å²) in [4.78, 5) is 23.8. The minimum absolute atomic E-state index is 0.0881. The van der Waals surface area contributed by atoms with Gasteiger partial charge in [0, 0.05) is 25.0 Å². The summed E-state index contributed by atoms with van der Waals surface area (Å²) in [5, 5.41) is 11.5. The molecule has 1 aliphatic heterocycles. The number of aryl methyl sites for hydroxylation is 1. The molecule has 4 N–H and O–H groups in total. The van der Waals surface area contributed by atoms with E-state index in [9.17, 15) is 5.11 Å². The number of hydrogen-bond donors (Lipinski definition) is 3. The highest BCUT2D eigenvalue weighted by Crippen LogP contribution is 2.39. The first-order valence-electron chi connectivity index (χ1n) is 16.1. The lowest BCUT2D eigenvalue weighted by Crippen LogP contribution is -2.52. The Hall–Kier alpha value is -3.12. The molecular formula is C33H48N8O3. The van der Waals surface area contributed by atoms with Crippen LogP contribution in [0.15, 0.2) is 30.9 Å². The zero-order valence-electron chi connectivity index (χ0n) is 27.1. The number of H-pyrrole nitrogens is 1. The largest absolute Gasteiger partial charge is 0.387 e. The van der Waals surface area contributed by atoms with E-state index >= 15 is 0 Å². The van der Waals surface area contributed by atoms with Gasteiger partial charge in [0.25, 0.3) is 0 Å². The van der Waals surface area contributed by atoms with E-state index in [0.29, 0.717) is 41.5 Å². The number of ether oxygens (including phenoxy) is 2. The fourth-order valence-electron chi connectivity index (χ4n) is 6.79. The van der Waals surface area contributed by atoms with Gasteiger partial charge < -0.3 is 25.3 Å². The van der Waals surface area contributed by atoms with E-state index in [-0.39, 0.29) is 11.5 Å². The summed E-state index contributed by atoms with van der Waals surface area (Å²) in [6.07, 6.45) is 4.93. The van der Waals surface area contributed by atoms with E-state index in [2.05, 4.69) is 77.7 Å². The number of aliphatic hydroxyl groups is 1. The zero-order valence-corrected chi connectivity index (χ0v) is 27.1. The van der Waals surface area contributed by atoms with Crippen molar-refractivity contribution in [2.45, 2.75) is 122 Å². The molecule has 0 spiro atoms. The number of rotatable bonds is 10. The molecule has 0 radical (unpaired) electrons. The maximum Gasteiger partial charge on any atom is 0.167 e. The van der Waals surface area contributed by atoms with Gasteiger partial charge in [-0.3, -0.25) is 9.47 Å². The molecule has 44 heavy (non-hydrogen) atoms. The van der Waals surface area contributed by atoms with Gasteiger partial charge >= 0.3 is 0 Å². The third-order valence-corrected chi connectivity index (χ3v) is 9.32. The molecule has 3 aromatic heterocycles. The third kappa shape index (κ3) is 6.07. The van der Waals surface area contributed by atoms with Crippen LogP contribution in [0.3, 0.4) is 0 Å². The summed E-state index contributed by atoms with van der Waals surface area (Å²) < 4.78 is 14.6. The van der Waals surface area contributed by atoms with Crippen molar-refractivity contribution in [2.24, 2.45) is 5.92 Å². The van der Waals surface area contributed by atoms with Crippen LogP contribution in [0.4, 0.5) is 5.82 Å². The molecule has 2 aliphatic rings. The number of nitrogens with one attached hydrogen (secondary N) is 1. The Bertz CT molecular complexity index is 1580. The molecule has 1 saturated heterocycles. The van der Waals surface area contributed by atoms with Crippen LogP contribution in [0.2, 0.25) is 0 Å². The Labute approximate surface area is 259 Å². The van der Waals surface area contributed by atoms with E-state index in [1.165, 1.54) is 11.9 Å². The number of hydrogen-bond acceptors (Lipinski definition) is 9. The third-order valence-electron chi connectivity index (χ3n) is 9.32. The molecule has 1 aromatic carbocycles. The molecule has 0 amide bonds. The normalized spacial score (nSPS) is 26.1. The maximum atomic E-state index is 11.5. The number of nitrogens with zero attached hydrogens (tertiary/aromatic N) is 6. The van der Waals surface area contributed by atoms with Gasteiger partial charge in [0.15, 0.2) is 17.7 Å². The van der Waals surface area contributed by atoms with Crippen molar-refractivity contribution in [2.75, 3.05) is 12.3 Å². The first-order valence-corrected chi connectivity index (χ1v) is 16.1. The van der Waals surface area contributed by atoms with Crippen molar-refractivity contribution in [3.05, 3.63) is 42.2 Å². The smallest absolute Gasteiger partial charge is 0.167 e. The zero-order chi connectivity index (χ0) is 31.3. The van der Waals surface area contributed by atoms with Crippen molar-refractivity contribution >= 4 is 28.0 Å². The van der Waals surface area contributed by atoms with Crippen molar-refractivity contribution in [3.63, 3.8) is 0 Å². The van der Waals surface area contributed by atoms with Crippen LogP contribution < -0.4 is 5.73 Å². The topological polar surface area (TPSA) is 140 Å². The number of aliphatic hydroxyl groups excluding tert-OH is 1. The average Bonchev–Trinajstić information content (AvgIpc) is 3.62. The highest BCUT2D eigenvalue weighted by atomic mass is 16.6. The molecule has 4 unspecified atom stereocenters. The lowest BCUT2D eigenvalue weighted by Gasteiger charge is -2.46. The summed E-state index contributed by atoms with van der Waals surface area (Å²) in [7, 11) is 0. The fraction of sp³-hybridized carbons (Fsp3) is 0.636. The first kappa shape index (κ1) is 30.9. The van der Waals surface area contributed by atoms with Gasteiger partial charge in [-0.05, 0) is 76.0 Å². The van der Waals surface area contributed by atoms with Crippen LogP contribution >= 0.6 is 0 Å². The van der Waals surface area contributed by atoms with Crippen LogP contribution in [0.25, 0.3) is 22.2 Å². The molecule has 11 heteroatoms. The van der Waals surface area contributed by atoms with Gasteiger partial charge in [0.1, 0.15) is 36.0 Å². The number of nitrogens with two attached hydrogens (primary N) is 1. The second-order valence-corrected chi connectivity index (χ2v) is 14.3. The van der Waals surface area contributed by atoms with Crippen LogP contribution in [0.1, 0.15) is 85.3 Å².